The van der Waals surface area contributed by atoms with Gasteiger partial charge in [-0.2, -0.15) is 0 Å². The summed E-state index contributed by atoms with van der Waals surface area (Å²) in [6.45, 7) is 4.71. The number of carbonyl (C=O) groups excluding carboxylic acids is 1. The van der Waals surface area contributed by atoms with E-state index in [1.807, 2.05) is 6.92 Å². The zero-order valence-corrected chi connectivity index (χ0v) is 9.42. The van der Waals surface area contributed by atoms with E-state index in [0.29, 0.717) is 13.0 Å². The molecule has 1 unspecified atom stereocenters. The van der Waals surface area contributed by atoms with Crippen molar-refractivity contribution in [3.8, 4) is 0 Å². The summed E-state index contributed by atoms with van der Waals surface area (Å²) in [4.78, 5) is 10.4. The summed E-state index contributed by atoms with van der Waals surface area (Å²) >= 11 is 0. The van der Waals surface area contributed by atoms with Crippen LogP contribution in [0.15, 0.2) is 0 Å². The highest BCUT2D eigenvalue weighted by atomic mass is 16.5. The largest absolute Gasteiger partial charge is 0.378 e. The Bertz CT molecular complexity index is 148. The molecule has 1 amide bonds. The lowest BCUT2D eigenvalue weighted by molar-refractivity contribution is -0.119. The second-order valence-corrected chi connectivity index (χ2v) is 3.75. The molecule has 0 aliphatic carbocycles. The average molecular weight is 201 g/mol. The summed E-state index contributed by atoms with van der Waals surface area (Å²) in [6, 6.07) is 0. The smallest absolute Gasteiger partial charge is 0.219 e. The van der Waals surface area contributed by atoms with Gasteiger partial charge in [0.05, 0.1) is 12.7 Å². The zero-order chi connectivity index (χ0) is 10.8. The molecule has 0 saturated carbocycles. The molecular weight excluding hydrogens is 178 g/mol. The minimum Gasteiger partial charge on any atom is -0.378 e. The van der Waals surface area contributed by atoms with E-state index in [-0.39, 0.29) is 12.0 Å². The van der Waals surface area contributed by atoms with Crippen LogP contribution >= 0.6 is 0 Å². The third-order valence-corrected chi connectivity index (χ3v) is 2.22. The van der Waals surface area contributed by atoms with Gasteiger partial charge in [-0.3, -0.25) is 4.79 Å². The van der Waals surface area contributed by atoms with Crippen molar-refractivity contribution in [2.75, 3.05) is 6.61 Å². The van der Waals surface area contributed by atoms with Crippen LogP contribution < -0.4 is 5.73 Å². The molecule has 0 rings (SSSR count). The first-order valence-corrected chi connectivity index (χ1v) is 5.56. The molecule has 0 aliphatic rings. The number of carbonyl (C=O) groups is 1. The van der Waals surface area contributed by atoms with Crippen molar-refractivity contribution in [1.29, 1.82) is 0 Å². The lowest BCUT2D eigenvalue weighted by Crippen LogP contribution is -2.16. The fraction of sp³-hybridized carbons (Fsp3) is 0.909. The predicted molar refractivity (Wildman–Crippen MR) is 58.0 cm³/mol. The van der Waals surface area contributed by atoms with Crippen LogP contribution in [-0.2, 0) is 9.53 Å². The van der Waals surface area contributed by atoms with E-state index in [4.69, 9.17) is 10.5 Å². The maximum absolute atomic E-state index is 10.4. The third-order valence-electron chi connectivity index (χ3n) is 2.22. The molecule has 0 aromatic heterocycles. The summed E-state index contributed by atoms with van der Waals surface area (Å²) < 4.78 is 5.43. The Morgan fingerprint density at radius 2 is 2.07 bits per heavy atom. The van der Waals surface area contributed by atoms with E-state index in [1.165, 1.54) is 25.7 Å². The minimum atomic E-state index is -0.289. The average Bonchev–Trinajstić information content (AvgIpc) is 2.12. The molecule has 2 N–H and O–H groups in total. The second-order valence-electron chi connectivity index (χ2n) is 3.75. The predicted octanol–water partition coefficient (Wildman–Crippen LogP) is 2.24. The Kier molecular flexibility index (Phi) is 8.64. The molecule has 0 bridgehead atoms. The van der Waals surface area contributed by atoms with Crippen LogP contribution in [0.5, 0.6) is 0 Å². The Labute approximate surface area is 87.0 Å². The van der Waals surface area contributed by atoms with Gasteiger partial charge < -0.3 is 10.5 Å². The van der Waals surface area contributed by atoms with Gasteiger partial charge in [-0.1, -0.05) is 32.6 Å². The van der Waals surface area contributed by atoms with Gasteiger partial charge in [0, 0.05) is 6.42 Å². The van der Waals surface area contributed by atoms with Crippen LogP contribution in [0, 0.1) is 0 Å². The fourth-order valence-corrected chi connectivity index (χ4v) is 1.30. The van der Waals surface area contributed by atoms with Crippen molar-refractivity contribution in [3.05, 3.63) is 0 Å². The number of rotatable bonds is 9. The Morgan fingerprint density at radius 1 is 1.36 bits per heavy atom. The van der Waals surface area contributed by atoms with Crippen LogP contribution in [0.2, 0.25) is 0 Å². The lowest BCUT2D eigenvalue weighted by atomic mass is 10.1. The van der Waals surface area contributed by atoms with Gasteiger partial charge in [0.1, 0.15) is 0 Å². The monoisotopic (exact) mass is 201 g/mol. The molecule has 14 heavy (non-hydrogen) atoms. The molecule has 0 aliphatic heterocycles. The Balaban J connectivity index is 3.19. The molecule has 0 aromatic rings. The highest BCUT2D eigenvalue weighted by Gasteiger charge is 2.02. The second kappa shape index (κ2) is 9.00. The number of nitrogens with two attached hydrogens (primary N) is 1. The molecule has 0 radical (unpaired) electrons. The molecule has 0 heterocycles. The van der Waals surface area contributed by atoms with Crippen molar-refractivity contribution in [3.63, 3.8) is 0 Å². The number of amides is 1. The summed E-state index contributed by atoms with van der Waals surface area (Å²) in [7, 11) is 0. The van der Waals surface area contributed by atoms with Gasteiger partial charge >= 0.3 is 0 Å². The molecule has 3 heteroatoms. The summed E-state index contributed by atoms with van der Waals surface area (Å²) in [5.74, 6) is -0.289. The Hall–Kier alpha value is -0.570. The molecule has 3 nitrogen and oxygen atoms in total. The molecule has 0 fully saturated rings. The highest BCUT2D eigenvalue weighted by Crippen LogP contribution is 2.07. The zero-order valence-electron chi connectivity index (χ0n) is 9.42. The van der Waals surface area contributed by atoms with Crippen LogP contribution in [0.1, 0.15) is 52.4 Å². The van der Waals surface area contributed by atoms with E-state index >= 15 is 0 Å². The molecule has 0 aromatic carbocycles. The number of ether oxygens (including phenoxy) is 1. The first-order valence-electron chi connectivity index (χ1n) is 5.56. The van der Waals surface area contributed by atoms with Crippen LogP contribution in [0.4, 0.5) is 0 Å². The lowest BCUT2D eigenvalue weighted by Gasteiger charge is -2.11. The maximum Gasteiger partial charge on any atom is 0.219 e. The first-order chi connectivity index (χ1) is 6.66. The van der Waals surface area contributed by atoms with E-state index in [9.17, 15) is 4.79 Å². The molecule has 0 saturated heterocycles. The van der Waals surface area contributed by atoms with Crippen LogP contribution in [0.25, 0.3) is 0 Å². The third kappa shape index (κ3) is 9.52. The summed E-state index contributed by atoms with van der Waals surface area (Å²) in [5.41, 5.74) is 5.00. The number of hydrogen-bond donors (Lipinski definition) is 1. The van der Waals surface area contributed by atoms with Crippen molar-refractivity contribution in [1.82, 2.24) is 0 Å². The van der Waals surface area contributed by atoms with Gasteiger partial charge in [0.15, 0.2) is 0 Å². The number of hydrogen-bond acceptors (Lipinski definition) is 2. The standard InChI is InChI=1S/C11H23NO2/c1-3-4-5-6-7-10(2)14-9-8-11(12)13/h10H,3-9H2,1-2H3,(H2,12,13). The van der Waals surface area contributed by atoms with Gasteiger partial charge in [0.2, 0.25) is 5.91 Å². The summed E-state index contributed by atoms with van der Waals surface area (Å²) in [5, 5.41) is 0. The van der Waals surface area contributed by atoms with Gasteiger partial charge in [-0.25, -0.2) is 0 Å². The van der Waals surface area contributed by atoms with Crippen molar-refractivity contribution in [2.24, 2.45) is 5.73 Å². The van der Waals surface area contributed by atoms with E-state index in [2.05, 4.69) is 6.92 Å². The minimum absolute atomic E-state index is 0.256. The van der Waals surface area contributed by atoms with E-state index < -0.39 is 0 Å². The first kappa shape index (κ1) is 13.4. The van der Waals surface area contributed by atoms with Crippen LogP contribution in [0.3, 0.4) is 0 Å². The topological polar surface area (TPSA) is 52.3 Å². The van der Waals surface area contributed by atoms with Crippen molar-refractivity contribution >= 4 is 5.91 Å². The summed E-state index contributed by atoms with van der Waals surface area (Å²) in [6.07, 6.45) is 6.72. The van der Waals surface area contributed by atoms with Crippen LogP contribution in [-0.4, -0.2) is 18.6 Å². The fourth-order valence-electron chi connectivity index (χ4n) is 1.30. The Morgan fingerprint density at radius 3 is 2.64 bits per heavy atom. The normalized spacial score (nSPS) is 12.7. The van der Waals surface area contributed by atoms with Gasteiger partial charge in [-0.05, 0) is 13.3 Å². The van der Waals surface area contributed by atoms with Crippen molar-refractivity contribution in [2.45, 2.75) is 58.5 Å². The number of primary amides is 1. The molecule has 0 spiro atoms. The SMILES string of the molecule is CCCCCCC(C)OCCC(N)=O. The van der Waals surface area contributed by atoms with Crippen molar-refractivity contribution < 1.29 is 9.53 Å². The quantitative estimate of drug-likeness (QED) is 0.582. The van der Waals surface area contributed by atoms with Gasteiger partial charge in [0.25, 0.3) is 0 Å². The maximum atomic E-state index is 10.4. The van der Waals surface area contributed by atoms with E-state index in [0.717, 1.165) is 6.42 Å². The highest BCUT2D eigenvalue weighted by molar-refractivity contribution is 5.73. The van der Waals surface area contributed by atoms with E-state index in [1.54, 1.807) is 0 Å². The molecular formula is C11H23NO2. The number of unbranched alkanes of at least 4 members (excludes halogenated alkanes) is 3. The molecule has 1 atom stereocenters. The van der Waals surface area contributed by atoms with Gasteiger partial charge in [-0.15, -0.1) is 0 Å². The molecule has 84 valence electrons.